The molecule has 8 heteroatoms. The van der Waals surface area contributed by atoms with E-state index >= 15 is 0 Å². The van der Waals surface area contributed by atoms with Gasteiger partial charge in [0.25, 0.3) is 0 Å². The Balaban J connectivity index is 2.35. The number of amides is 1. The van der Waals surface area contributed by atoms with Gasteiger partial charge in [-0.1, -0.05) is 25.1 Å². The molecule has 0 aliphatic rings. The topological polar surface area (TPSA) is 84.7 Å². The van der Waals surface area contributed by atoms with Crippen molar-refractivity contribution in [3.8, 4) is 0 Å². The quantitative estimate of drug-likeness (QED) is 0.635. The Labute approximate surface area is 117 Å². The number of carbonyl (C=O) groups excluding carboxylic acids is 1. The number of carbonyl (C=O) groups is 1. The van der Waals surface area contributed by atoms with Crippen LogP contribution in [-0.4, -0.2) is 51.5 Å². The fourth-order valence-corrected chi connectivity index (χ4v) is 2.32. The van der Waals surface area contributed by atoms with Gasteiger partial charge in [-0.3, -0.25) is 4.79 Å². The summed E-state index contributed by atoms with van der Waals surface area (Å²) in [5.74, 6) is 0.364. The molecule has 1 aromatic rings. The third-order valence-corrected chi connectivity index (χ3v) is 3.49. The van der Waals surface area contributed by atoms with Crippen LogP contribution in [0.1, 0.15) is 26.7 Å². The minimum Gasteiger partial charge on any atom is -0.353 e. The fraction of sp³-hybridized carbons (Fsp3) is 0.818. The van der Waals surface area contributed by atoms with Crippen molar-refractivity contribution in [2.24, 2.45) is 0 Å². The number of tetrazole rings is 1. The molecule has 108 valence electrons. The number of aromatic nitrogens is 4. The average molecular weight is 286 g/mol. The first-order valence-corrected chi connectivity index (χ1v) is 7.48. The molecule has 1 heterocycles. The Morgan fingerprint density at radius 3 is 3.00 bits per heavy atom. The van der Waals surface area contributed by atoms with Crippen LogP contribution in [0.3, 0.4) is 0 Å². The molecule has 1 atom stereocenters. The molecule has 19 heavy (non-hydrogen) atoms. The highest BCUT2D eigenvalue weighted by atomic mass is 32.2. The van der Waals surface area contributed by atoms with Gasteiger partial charge in [0, 0.05) is 12.6 Å². The molecule has 0 aliphatic carbocycles. The number of hydrogen-bond acceptors (Lipinski definition) is 6. The predicted octanol–water partition coefficient (Wildman–Crippen LogP) is 0.289. The molecule has 0 radical (unpaired) electrons. The zero-order valence-corrected chi connectivity index (χ0v) is 12.5. The van der Waals surface area contributed by atoms with Crippen LogP contribution in [0.5, 0.6) is 0 Å². The van der Waals surface area contributed by atoms with Crippen LogP contribution >= 0.6 is 11.8 Å². The molecule has 7 nitrogen and oxygen atoms in total. The molecule has 1 rings (SSSR count). The third kappa shape index (κ3) is 6.02. The van der Waals surface area contributed by atoms with Crippen LogP contribution in [0, 0.1) is 0 Å². The first kappa shape index (κ1) is 15.9. The first-order chi connectivity index (χ1) is 9.17. The minimum absolute atomic E-state index is 0.0223. The maximum absolute atomic E-state index is 11.7. The van der Waals surface area contributed by atoms with Gasteiger partial charge in [0.2, 0.25) is 11.1 Å². The highest BCUT2D eigenvalue weighted by Crippen LogP contribution is 2.12. The Hall–Kier alpha value is -1.15. The number of hydrogen-bond donors (Lipinski definition) is 2. The molecule has 0 saturated heterocycles. The summed E-state index contributed by atoms with van der Waals surface area (Å²) in [4.78, 5) is 11.7. The van der Waals surface area contributed by atoms with Gasteiger partial charge in [-0.25, -0.2) is 4.68 Å². The van der Waals surface area contributed by atoms with Crippen molar-refractivity contribution in [2.75, 3.05) is 19.3 Å². The van der Waals surface area contributed by atoms with Crippen LogP contribution in [0.2, 0.25) is 0 Å². The zero-order valence-electron chi connectivity index (χ0n) is 11.7. The molecule has 0 saturated carbocycles. The van der Waals surface area contributed by atoms with E-state index in [4.69, 9.17) is 0 Å². The number of likely N-dealkylation sites (N-methyl/N-ethyl adjacent to an activating group) is 1. The monoisotopic (exact) mass is 286 g/mol. The maximum Gasteiger partial charge on any atom is 0.230 e. The molecular formula is C11H22N6OS. The van der Waals surface area contributed by atoms with Gasteiger partial charge in [0.05, 0.1) is 12.3 Å². The Kier molecular flexibility index (Phi) is 7.42. The molecule has 2 N–H and O–H groups in total. The lowest BCUT2D eigenvalue weighted by atomic mass is 10.2. The summed E-state index contributed by atoms with van der Waals surface area (Å²) >= 11 is 1.36. The van der Waals surface area contributed by atoms with E-state index in [1.807, 2.05) is 14.0 Å². The fourth-order valence-electron chi connectivity index (χ4n) is 1.61. The Morgan fingerprint density at radius 2 is 2.32 bits per heavy atom. The van der Waals surface area contributed by atoms with Crippen molar-refractivity contribution < 1.29 is 4.79 Å². The molecule has 0 fully saturated rings. The van der Waals surface area contributed by atoms with E-state index in [0.717, 1.165) is 19.4 Å². The molecule has 0 aromatic carbocycles. The van der Waals surface area contributed by atoms with Gasteiger partial charge in [-0.15, -0.1) is 5.10 Å². The summed E-state index contributed by atoms with van der Waals surface area (Å²) in [7, 11) is 1.87. The standard InChI is InChI=1S/C11H22N6OS/c1-4-5-9(2)13-10(18)8-19-11-14-15-16-17(11)7-6-12-3/h9,12H,4-8H2,1-3H3,(H,13,18). The second-order valence-corrected chi connectivity index (χ2v) is 5.28. The van der Waals surface area contributed by atoms with Gasteiger partial charge < -0.3 is 10.6 Å². The second kappa shape index (κ2) is 8.87. The lowest BCUT2D eigenvalue weighted by molar-refractivity contribution is -0.119. The molecular weight excluding hydrogens is 264 g/mol. The largest absolute Gasteiger partial charge is 0.353 e. The maximum atomic E-state index is 11.7. The predicted molar refractivity (Wildman–Crippen MR) is 75.0 cm³/mol. The van der Waals surface area contributed by atoms with Gasteiger partial charge in [0.1, 0.15) is 0 Å². The van der Waals surface area contributed by atoms with E-state index in [1.165, 1.54) is 11.8 Å². The van der Waals surface area contributed by atoms with Crippen LogP contribution in [0.25, 0.3) is 0 Å². The summed E-state index contributed by atoms with van der Waals surface area (Å²) < 4.78 is 1.70. The van der Waals surface area contributed by atoms with E-state index in [0.29, 0.717) is 17.5 Å². The van der Waals surface area contributed by atoms with Crippen molar-refractivity contribution in [3.63, 3.8) is 0 Å². The van der Waals surface area contributed by atoms with Gasteiger partial charge in [0.15, 0.2) is 0 Å². The van der Waals surface area contributed by atoms with E-state index in [1.54, 1.807) is 4.68 Å². The van der Waals surface area contributed by atoms with Crippen LogP contribution in [0.15, 0.2) is 5.16 Å². The third-order valence-electron chi connectivity index (χ3n) is 2.53. The molecule has 1 unspecified atom stereocenters. The Bertz CT molecular complexity index is 383. The van der Waals surface area contributed by atoms with E-state index in [-0.39, 0.29) is 11.9 Å². The first-order valence-electron chi connectivity index (χ1n) is 6.50. The summed E-state index contributed by atoms with van der Waals surface area (Å²) in [6.07, 6.45) is 2.06. The minimum atomic E-state index is 0.0223. The molecule has 1 aromatic heterocycles. The van der Waals surface area contributed by atoms with Crippen molar-refractivity contribution >= 4 is 17.7 Å². The van der Waals surface area contributed by atoms with E-state index < -0.39 is 0 Å². The Morgan fingerprint density at radius 1 is 1.53 bits per heavy atom. The normalized spacial score (nSPS) is 12.4. The van der Waals surface area contributed by atoms with Crippen molar-refractivity contribution in [1.29, 1.82) is 0 Å². The van der Waals surface area contributed by atoms with Gasteiger partial charge >= 0.3 is 0 Å². The SMILES string of the molecule is CCCC(C)NC(=O)CSc1nnnn1CCNC. The summed E-state index contributed by atoms with van der Waals surface area (Å²) in [5, 5.41) is 18.1. The summed E-state index contributed by atoms with van der Waals surface area (Å²) in [6.45, 7) is 5.61. The van der Waals surface area contributed by atoms with Crippen LogP contribution in [0.4, 0.5) is 0 Å². The van der Waals surface area contributed by atoms with Crippen LogP contribution in [-0.2, 0) is 11.3 Å². The van der Waals surface area contributed by atoms with Crippen molar-refractivity contribution in [3.05, 3.63) is 0 Å². The average Bonchev–Trinajstić information content (AvgIpc) is 2.81. The molecule has 1 amide bonds. The van der Waals surface area contributed by atoms with Crippen molar-refractivity contribution in [1.82, 2.24) is 30.8 Å². The number of rotatable bonds is 9. The summed E-state index contributed by atoms with van der Waals surface area (Å²) in [5.41, 5.74) is 0. The molecule has 0 spiro atoms. The lowest BCUT2D eigenvalue weighted by Gasteiger charge is -2.12. The molecule has 0 aliphatic heterocycles. The van der Waals surface area contributed by atoms with Crippen molar-refractivity contribution in [2.45, 2.75) is 44.4 Å². The molecule has 0 bridgehead atoms. The van der Waals surface area contributed by atoms with Gasteiger partial charge in [-0.2, -0.15) is 0 Å². The highest BCUT2D eigenvalue weighted by Gasteiger charge is 2.11. The smallest absolute Gasteiger partial charge is 0.230 e. The number of nitrogens with one attached hydrogen (secondary N) is 2. The van der Waals surface area contributed by atoms with Crippen LogP contribution < -0.4 is 10.6 Å². The van der Waals surface area contributed by atoms with Gasteiger partial charge in [-0.05, 0) is 30.8 Å². The number of thioether (sulfide) groups is 1. The summed E-state index contributed by atoms with van der Waals surface area (Å²) in [6, 6.07) is 0.221. The lowest BCUT2D eigenvalue weighted by Crippen LogP contribution is -2.33. The second-order valence-electron chi connectivity index (χ2n) is 4.33. The van der Waals surface area contributed by atoms with E-state index in [9.17, 15) is 4.79 Å². The zero-order chi connectivity index (χ0) is 14.1. The number of nitrogens with zero attached hydrogens (tertiary/aromatic N) is 4. The highest BCUT2D eigenvalue weighted by molar-refractivity contribution is 7.99. The van der Waals surface area contributed by atoms with E-state index in [2.05, 4.69) is 33.1 Å².